The molecule has 0 aliphatic carbocycles. The standard InChI is InChI=1S/C17H16Cl2O5S/c1-10(17(20)22-2)23-15-6-4-11(18)8-16(15)24-14-7-5-12(25(3)21)9-13(14)19/h4-10H,1-3H3/t10-,25-/m0/s1. The molecule has 0 radical (unpaired) electrons. The lowest BCUT2D eigenvalue weighted by atomic mass is 10.3. The minimum atomic E-state index is -1.15. The Labute approximate surface area is 159 Å². The Morgan fingerprint density at radius 2 is 1.80 bits per heavy atom. The molecule has 0 bridgehead atoms. The first-order chi connectivity index (χ1) is 11.8. The molecular weight excluding hydrogens is 387 g/mol. The number of hydrogen-bond acceptors (Lipinski definition) is 5. The number of hydrogen-bond donors (Lipinski definition) is 0. The Balaban J connectivity index is 2.30. The fraction of sp³-hybridized carbons (Fsp3) is 0.235. The van der Waals surface area contributed by atoms with E-state index < -0.39 is 23.2 Å². The maximum absolute atomic E-state index is 11.5. The molecule has 2 aromatic rings. The van der Waals surface area contributed by atoms with Crippen LogP contribution in [-0.2, 0) is 20.7 Å². The molecule has 0 aliphatic rings. The molecule has 0 unspecified atom stereocenters. The summed E-state index contributed by atoms with van der Waals surface area (Å²) < 4.78 is 27.5. The Morgan fingerprint density at radius 1 is 1.12 bits per heavy atom. The molecular formula is C17H16Cl2O5S. The van der Waals surface area contributed by atoms with Crippen molar-refractivity contribution in [3.05, 3.63) is 46.4 Å². The summed E-state index contributed by atoms with van der Waals surface area (Å²) in [6.45, 7) is 1.56. The van der Waals surface area contributed by atoms with Gasteiger partial charge in [0.05, 0.1) is 12.1 Å². The Hall–Kier alpha value is -1.60. The molecule has 2 rings (SSSR count). The Morgan fingerprint density at radius 3 is 2.40 bits per heavy atom. The van der Waals surface area contributed by atoms with Crippen LogP contribution in [0, 0.1) is 0 Å². The molecule has 8 heteroatoms. The molecule has 0 aliphatic heterocycles. The molecule has 5 nitrogen and oxygen atoms in total. The molecule has 0 saturated carbocycles. The van der Waals surface area contributed by atoms with Gasteiger partial charge in [-0.25, -0.2) is 4.79 Å². The topological polar surface area (TPSA) is 67.8 Å². The fourth-order valence-electron chi connectivity index (χ4n) is 1.93. The van der Waals surface area contributed by atoms with Gasteiger partial charge in [-0.3, -0.25) is 0 Å². The highest BCUT2D eigenvalue weighted by molar-refractivity contribution is 7.90. The molecule has 2 aromatic carbocycles. The summed E-state index contributed by atoms with van der Waals surface area (Å²) in [5.74, 6) is 0.416. The van der Waals surface area contributed by atoms with E-state index in [1.54, 1.807) is 49.6 Å². The number of esters is 1. The minimum absolute atomic E-state index is 0.288. The van der Waals surface area contributed by atoms with Crippen LogP contribution in [0.3, 0.4) is 0 Å². The maximum Gasteiger partial charge on any atom is 0.346 e. The van der Waals surface area contributed by atoms with Gasteiger partial charge in [0.2, 0.25) is 0 Å². The molecule has 0 saturated heterocycles. The molecule has 134 valence electrons. The monoisotopic (exact) mass is 402 g/mol. The van der Waals surface area contributed by atoms with Crippen molar-refractivity contribution < 1.29 is 23.6 Å². The highest BCUT2D eigenvalue weighted by atomic mass is 35.5. The third kappa shape index (κ3) is 5.19. The predicted molar refractivity (Wildman–Crippen MR) is 97.4 cm³/mol. The van der Waals surface area contributed by atoms with E-state index in [9.17, 15) is 9.35 Å². The van der Waals surface area contributed by atoms with E-state index in [1.807, 2.05) is 0 Å². The largest absolute Gasteiger partial charge is 0.612 e. The van der Waals surface area contributed by atoms with Crippen LogP contribution in [0.15, 0.2) is 41.3 Å². The van der Waals surface area contributed by atoms with Gasteiger partial charge in [0.1, 0.15) is 12.0 Å². The quantitative estimate of drug-likeness (QED) is 0.526. The summed E-state index contributed by atoms with van der Waals surface area (Å²) in [7, 11) is 1.28. The highest BCUT2D eigenvalue weighted by Gasteiger charge is 2.19. The first-order valence-electron chi connectivity index (χ1n) is 7.16. The molecule has 0 aromatic heterocycles. The Bertz CT molecular complexity index is 767. The van der Waals surface area contributed by atoms with Crippen molar-refractivity contribution in [3.63, 3.8) is 0 Å². The molecule has 0 spiro atoms. The number of carbonyl (C=O) groups is 1. The van der Waals surface area contributed by atoms with Crippen molar-refractivity contribution in [1.29, 1.82) is 0 Å². The number of rotatable bonds is 6. The van der Waals surface area contributed by atoms with E-state index in [2.05, 4.69) is 4.74 Å². The van der Waals surface area contributed by atoms with E-state index in [-0.39, 0.29) is 5.75 Å². The van der Waals surface area contributed by atoms with Crippen LogP contribution < -0.4 is 9.47 Å². The van der Waals surface area contributed by atoms with Gasteiger partial charge < -0.3 is 18.8 Å². The second kappa shape index (κ2) is 8.67. The number of carbonyl (C=O) groups excluding carboxylic acids is 1. The van der Waals surface area contributed by atoms with Gasteiger partial charge in [-0.05, 0) is 42.4 Å². The zero-order chi connectivity index (χ0) is 18.6. The Kier molecular flexibility index (Phi) is 6.84. The van der Waals surface area contributed by atoms with Gasteiger partial charge in [-0.15, -0.1) is 0 Å². The summed E-state index contributed by atoms with van der Waals surface area (Å²) >= 11 is 11.0. The fourth-order valence-corrected chi connectivity index (χ4v) is 2.91. The number of benzene rings is 2. The summed E-state index contributed by atoms with van der Waals surface area (Å²) in [5.41, 5.74) is 0. The summed E-state index contributed by atoms with van der Waals surface area (Å²) in [6, 6.07) is 9.56. The molecule has 0 N–H and O–H groups in total. The van der Waals surface area contributed by atoms with E-state index >= 15 is 0 Å². The van der Waals surface area contributed by atoms with Crippen molar-refractivity contribution in [2.75, 3.05) is 13.4 Å². The number of halogens is 2. The van der Waals surface area contributed by atoms with Gasteiger partial charge in [-0.2, -0.15) is 0 Å². The van der Waals surface area contributed by atoms with Crippen molar-refractivity contribution in [2.24, 2.45) is 0 Å². The average Bonchev–Trinajstić information content (AvgIpc) is 2.57. The number of ether oxygens (including phenoxy) is 3. The molecule has 25 heavy (non-hydrogen) atoms. The third-order valence-corrected chi connectivity index (χ3v) is 4.65. The molecule has 0 heterocycles. The van der Waals surface area contributed by atoms with Crippen LogP contribution in [-0.4, -0.2) is 30.0 Å². The van der Waals surface area contributed by atoms with Crippen LogP contribution in [0.5, 0.6) is 17.2 Å². The molecule has 2 atom stereocenters. The number of methoxy groups -OCH3 is 1. The van der Waals surface area contributed by atoms with Gasteiger partial charge in [0.25, 0.3) is 0 Å². The third-order valence-electron chi connectivity index (χ3n) is 3.20. The average molecular weight is 403 g/mol. The minimum Gasteiger partial charge on any atom is -0.612 e. The van der Waals surface area contributed by atoms with Crippen LogP contribution in [0.2, 0.25) is 10.0 Å². The SMILES string of the molecule is COC(=O)[C@H](C)Oc1ccc(Cl)cc1Oc1ccc([S@+](C)[O-])cc1Cl. The van der Waals surface area contributed by atoms with E-state index in [0.717, 1.165) is 0 Å². The summed E-state index contributed by atoms with van der Waals surface area (Å²) in [6.07, 6.45) is 0.734. The van der Waals surface area contributed by atoms with Crippen molar-refractivity contribution in [1.82, 2.24) is 0 Å². The first-order valence-corrected chi connectivity index (χ1v) is 9.48. The smallest absolute Gasteiger partial charge is 0.346 e. The second-order valence-electron chi connectivity index (χ2n) is 5.02. The lowest BCUT2D eigenvalue weighted by molar-refractivity contribution is -0.147. The highest BCUT2D eigenvalue weighted by Crippen LogP contribution is 2.38. The van der Waals surface area contributed by atoms with Gasteiger partial charge in [0.15, 0.2) is 22.5 Å². The zero-order valence-electron chi connectivity index (χ0n) is 13.7. The lowest BCUT2D eigenvalue weighted by Gasteiger charge is -2.17. The van der Waals surface area contributed by atoms with Crippen molar-refractivity contribution in [3.8, 4) is 17.2 Å². The maximum atomic E-state index is 11.5. The van der Waals surface area contributed by atoms with Crippen LogP contribution in [0.25, 0.3) is 0 Å². The lowest BCUT2D eigenvalue weighted by Crippen LogP contribution is -2.25. The second-order valence-corrected chi connectivity index (χ2v) is 7.25. The van der Waals surface area contributed by atoms with E-state index in [1.165, 1.54) is 7.11 Å². The van der Waals surface area contributed by atoms with Gasteiger partial charge in [-0.1, -0.05) is 23.2 Å². The van der Waals surface area contributed by atoms with Crippen LogP contribution in [0.4, 0.5) is 0 Å². The van der Waals surface area contributed by atoms with Gasteiger partial charge >= 0.3 is 5.97 Å². The van der Waals surface area contributed by atoms with E-state index in [0.29, 0.717) is 26.4 Å². The van der Waals surface area contributed by atoms with E-state index in [4.69, 9.17) is 32.7 Å². The van der Waals surface area contributed by atoms with Crippen LogP contribution in [0.1, 0.15) is 6.92 Å². The zero-order valence-corrected chi connectivity index (χ0v) is 16.1. The molecule has 0 fully saturated rings. The normalized spacial score (nSPS) is 13.0. The predicted octanol–water partition coefficient (Wildman–Crippen LogP) is 4.46. The van der Waals surface area contributed by atoms with Crippen LogP contribution >= 0.6 is 23.2 Å². The first kappa shape index (κ1) is 19.7. The van der Waals surface area contributed by atoms with Gasteiger partial charge in [0, 0.05) is 17.2 Å². The molecule has 0 amide bonds. The van der Waals surface area contributed by atoms with Crippen molar-refractivity contribution >= 4 is 40.3 Å². The van der Waals surface area contributed by atoms with Crippen molar-refractivity contribution in [2.45, 2.75) is 17.9 Å². The summed E-state index contributed by atoms with van der Waals surface area (Å²) in [5, 5.41) is 0.718. The summed E-state index contributed by atoms with van der Waals surface area (Å²) in [4.78, 5) is 12.1.